The van der Waals surface area contributed by atoms with E-state index in [1.807, 2.05) is 36.2 Å². The van der Waals surface area contributed by atoms with Crippen LogP contribution in [0.2, 0.25) is 0 Å². The summed E-state index contributed by atoms with van der Waals surface area (Å²) >= 11 is 0. The van der Waals surface area contributed by atoms with Crippen molar-refractivity contribution < 1.29 is 14.6 Å². The Kier molecular flexibility index (Phi) is 6.36. The van der Waals surface area contributed by atoms with Gasteiger partial charge in [0.05, 0.1) is 13.0 Å². The lowest BCUT2D eigenvalue weighted by molar-refractivity contribution is -0.137. The maximum Gasteiger partial charge on any atom is 0.304 e. The van der Waals surface area contributed by atoms with E-state index in [0.29, 0.717) is 6.54 Å². The molecule has 0 aliphatic rings. The van der Waals surface area contributed by atoms with Gasteiger partial charge >= 0.3 is 5.97 Å². The van der Waals surface area contributed by atoms with Gasteiger partial charge in [-0.1, -0.05) is 19.1 Å². The summed E-state index contributed by atoms with van der Waals surface area (Å²) in [5, 5.41) is 8.69. The van der Waals surface area contributed by atoms with Gasteiger partial charge in [0.25, 0.3) is 0 Å². The van der Waals surface area contributed by atoms with Crippen molar-refractivity contribution >= 4 is 5.97 Å². The minimum Gasteiger partial charge on any atom is -0.494 e. The van der Waals surface area contributed by atoms with Crippen molar-refractivity contribution in [3.8, 4) is 5.75 Å². The lowest BCUT2D eigenvalue weighted by Crippen LogP contribution is -2.25. The first-order chi connectivity index (χ1) is 9.04. The van der Waals surface area contributed by atoms with Gasteiger partial charge < -0.3 is 9.84 Å². The van der Waals surface area contributed by atoms with E-state index in [0.717, 1.165) is 24.3 Å². The molecule has 1 rings (SSSR count). The Morgan fingerprint density at radius 2 is 2.00 bits per heavy atom. The van der Waals surface area contributed by atoms with Gasteiger partial charge in [0, 0.05) is 12.6 Å². The highest BCUT2D eigenvalue weighted by Gasteiger charge is 2.12. The number of carboxylic acid groups (broad SMARTS) is 1. The number of benzene rings is 1. The number of carboxylic acids is 1. The molecule has 0 radical (unpaired) electrons. The topological polar surface area (TPSA) is 49.8 Å². The number of nitrogens with zero attached hydrogens (tertiary/aromatic N) is 1. The molecule has 0 aliphatic heterocycles. The van der Waals surface area contributed by atoms with E-state index >= 15 is 0 Å². The quantitative estimate of drug-likeness (QED) is 0.785. The van der Waals surface area contributed by atoms with Crippen LogP contribution in [0, 0.1) is 0 Å². The standard InChI is InChI=1S/C15H23NO3/c1-4-11-19-14-7-5-13(6-8-14)12(2)16(3)10-9-15(17)18/h5-8,12H,4,9-11H2,1-3H3,(H,17,18). The van der Waals surface area contributed by atoms with Gasteiger partial charge in [-0.25, -0.2) is 0 Å². The van der Waals surface area contributed by atoms with Crippen LogP contribution in [-0.2, 0) is 4.79 Å². The molecule has 0 spiro atoms. The summed E-state index contributed by atoms with van der Waals surface area (Å²) in [5.41, 5.74) is 1.16. The number of ether oxygens (including phenoxy) is 1. The summed E-state index contributed by atoms with van der Waals surface area (Å²) in [5.74, 6) is 0.119. The molecule has 1 aromatic carbocycles. The Labute approximate surface area is 115 Å². The van der Waals surface area contributed by atoms with Gasteiger partial charge in [0.1, 0.15) is 5.75 Å². The molecule has 0 heterocycles. The van der Waals surface area contributed by atoms with Crippen LogP contribution < -0.4 is 4.74 Å². The van der Waals surface area contributed by atoms with Crippen molar-refractivity contribution in [3.63, 3.8) is 0 Å². The van der Waals surface area contributed by atoms with Gasteiger partial charge in [-0.3, -0.25) is 9.69 Å². The maximum atomic E-state index is 10.6. The highest BCUT2D eigenvalue weighted by Crippen LogP contribution is 2.21. The van der Waals surface area contributed by atoms with Crippen molar-refractivity contribution in [2.24, 2.45) is 0 Å². The van der Waals surface area contributed by atoms with Crippen LogP contribution in [0.4, 0.5) is 0 Å². The minimum absolute atomic E-state index is 0.165. The summed E-state index contributed by atoms with van der Waals surface area (Å²) in [6.07, 6.45) is 1.16. The predicted octanol–water partition coefficient (Wildman–Crippen LogP) is 2.94. The van der Waals surface area contributed by atoms with Crippen molar-refractivity contribution in [2.75, 3.05) is 20.2 Å². The molecular formula is C15H23NO3. The third-order valence-electron chi connectivity index (χ3n) is 3.17. The fraction of sp³-hybridized carbons (Fsp3) is 0.533. The highest BCUT2D eigenvalue weighted by atomic mass is 16.5. The number of carbonyl (C=O) groups is 1. The Balaban J connectivity index is 2.56. The first-order valence-corrected chi connectivity index (χ1v) is 6.69. The summed E-state index contributed by atoms with van der Waals surface area (Å²) in [6, 6.07) is 8.19. The largest absolute Gasteiger partial charge is 0.494 e. The SMILES string of the molecule is CCCOc1ccc(C(C)N(C)CCC(=O)O)cc1. The van der Waals surface area contributed by atoms with Gasteiger partial charge in [-0.2, -0.15) is 0 Å². The Morgan fingerprint density at radius 1 is 1.37 bits per heavy atom. The first-order valence-electron chi connectivity index (χ1n) is 6.69. The maximum absolute atomic E-state index is 10.6. The molecule has 0 bridgehead atoms. The van der Waals surface area contributed by atoms with Gasteiger partial charge in [0.15, 0.2) is 0 Å². The molecule has 106 valence electrons. The summed E-state index contributed by atoms with van der Waals surface area (Å²) < 4.78 is 5.54. The fourth-order valence-electron chi connectivity index (χ4n) is 1.78. The second-order valence-corrected chi connectivity index (χ2v) is 4.72. The molecule has 1 N–H and O–H groups in total. The van der Waals surface area contributed by atoms with Crippen molar-refractivity contribution in [1.82, 2.24) is 4.90 Å². The van der Waals surface area contributed by atoms with E-state index in [1.54, 1.807) is 0 Å². The predicted molar refractivity (Wildman–Crippen MR) is 75.5 cm³/mol. The van der Waals surface area contributed by atoms with Crippen molar-refractivity contribution in [2.45, 2.75) is 32.7 Å². The third kappa shape index (κ3) is 5.30. The molecule has 0 aliphatic carbocycles. The first kappa shape index (κ1) is 15.5. The minimum atomic E-state index is -0.762. The normalized spacial score (nSPS) is 12.4. The van der Waals surface area contributed by atoms with Crippen LogP contribution in [0.25, 0.3) is 0 Å². The monoisotopic (exact) mass is 265 g/mol. The summed E-state index contributed by atoms with van der Waals surface area (Å²) in [4.78, 5) is 12.6. The van der Waals surface area contributed by atoms with Crippen LogP contribution in [0.15, 0.2) is 24.3 Å². The Morgan fingerprint density at radius 3 is 2.53 bits per heavy atom. The molecule has 0 saturated heterocycles. The second-order valence-electron chi connectivity index (χ2n) is 4.72. The average Bonchev–Trinajstić information content (AvgIpc) is 2.42. The highest BCUT2D eigenvalue weighted by molar-refractivity contribution is 5.66. The lowest BCUT2D eigenvalue weighted by atomic mass is 10.1. The van der Waals surface area contributed by atoms with Gasteiger partial charge in [-0.15, -0.1) is 0 Å². The van der Waals surface area contributed by atoms with Crippen molar-refractivity contribution in [3.05, 3.63) is 29.8 Å². The molecule has 0 amide bonds. The fourth-order valence-corrected chi connectivity index (χ4v) is 1.78. The number of hydrogen-bond donors (Lipinski definition) is 1. The van der Waals surface area contributed by atoms with Crippen LogP contribution in [0.5, 0.6) is 5.75 Å². The smallest absolute Gasteiger partial charge is 0.304 e. The van der Waals surface area contributed by atoms with Crippen LogP contribution in [0.3, 0.4) is 0 Å². The van der Waals surface area contributed by atoms with E-state index in [4.69, 9.17) is 9.84 Å². The van der Waals surface area contributed by atoms with Crippen LogP contribution in [-0.4, -0.2) is 36.2 Å². The zero-order valence-electron chi connectivity index (χ0n) is 11.9. The zero-order valence-corrected chi connectivity index (χ0v) is 11.9. The summed E-state index contributed by atoms with van der Waals surface area (Å²) in [6.45, 7) is 5.43. The zero-order chi connectivity index (χ0) is 14.3. The molecule has 0 aromatic heterocycles. The Bertz CT molecular complexity index is 389. The molecule has 0 fully saturated rings. The molecular weight excluding hydrogens is 242 g/mol. The van der Waals surface area contributed by atoms with E-state index in [2.05, 4.69) is 13.8 Å². The number of aliphatic carboxylic acids is 1. The molecule has 1 atom stereocenters. The average molecular weight is 265 g/mol. The lowest BCUT2D eigenvalue weighted by Gasteiger charge is -2.24. The van der Waals surface area contributed by atoms with E-state index < -0.39 is 5.97 Å². The van der Waals surface area contributed by atoms with Gasteiger partial charge in [-0.05, 0) is 38.1 Å². The van der Waals surface area contributed by atoms with E-state index in [1.165, 1.54) is 0 Å². The molecule has 4 heteroatoms. The van der Waals surface area contributed by atoms with Gasteiger partial charge in [0.2, 0.25) is 0 Å². The molecule has 1 unspecified atom stereocenters. The van der Waals surface area contributed by atoms with E-state index in [9.17, 15) is 4.79 Å². The Hall–Kier alpha value is -1.55. The van der Waals surface area contributed by atoms with E-state index in [-0.39, 0.29) is 12.5 Å². The number of hydrogen-bond acceptors (Lipinski definition) is 3. The molecule has 19 heavy (non-hydrogen) atoms. The summed E-state index contributed by atoms with van der Waals surface area (Å²) in [7, 11) is 1.94. The van der Waals surface area contributed by atoms with Crippen LogP contribution >= 0.6 is 0 Å². The molecule has 1 aromatic rings. The molecule has 4 nitrogen and oxygen atoms in total. The third-order valence-corrected chi connectivity index (χ3v) is 3.17. The second kappa shape index (κ2) is 7.79. The van der Waals surface area contributed by atoms with Crippen LogP contribution in [0.1, 0.15) is 38.3 Å². The van der Waals surface area contributed by atoms with Crippen molar-refractivity contribution in [1.29, 1.82) is 0 Å². The number of rotatable bonds is 8. The molecule has 0 saturated carbocycles.